The van der Waals surface area contributed by atoms with E-state index in [2.05, 4.69) is 20.4 Å². The molecule has 2 aromatic heterocycles. The van der Waals surface area contributed by atoms with Crippen molar-refractivity contribution in [1.82, 2.24) is 34.8 Å². The third-order valence-corrected chi connectivity index (χ3v) is 15.0. The highest BCUT2D eigenvalue weighted by atomic mass is 32.1. The molecule has 7 heterocycles. The summed E-state index contributed by atoms with van der Waals surface area (Å²) in [6.07, 6.45) is 4.47. The van der Waals surface area contributed by atoms with Crippen molar-refractivity contribution >= 4 is 62.6 Å². The quantitative estimate of drug-likeness (QED) is 0.186. The SMILES string of the molecule is COc1cc(-c2cn(C)c(=O)c3cc(C(=O)NCC4CC5(CCN(C(=O)CCN6CCN(c7ccc8c(c7)C(=O)N(C7CCC(=O)NC7=O)C8=O)CC6)CC5)O4)sc23)cc(OC)c1CN(C)C. The van der Waals surface area contributed by atoms with Crippen molar-refractivity contribution in [3.8, 4) is 22.6 Å². The molecule has 2 unspecified atom stereocenters. The zero-order valence-corrected chi connectivity index (χ0v) is 39.3. The zero-order valence-electron chi connectivity index (χ0n) is 38.5. The van der Waals surface area contributed by atoms with E-state index in [0.717, 1.165) is 59.6 Å². The van der Waals surface area contributed by atoms with Crippen LogP contribution in [0.25, 0.3) is 21.2 Å². The summed E-state index contributed by atoms with van der Waals surface area (Å²) in [5.41, 5.74) is 3.33. The molecule has 1 spiro atoms. The number of nitrogens with one attached hydrogen (secondary N) is 2. The number of pyridine rings is 1. The molecule has 0 saturated carbocycles. The first kappa shape index (κ1) is 46.0. The average molecular weight is 937 g/mol. The Morgan fingerprint density at radius 3 is 2.25 bits per heavy atom. The van der Waals surface area contributed by atoms with E-state index in [1.54, 1.807) is 45.7 Å². The number of hydrogen-bond acceptors (Lipinski definition) is 14. The second-order valence-electron chi connectivity index (χ2n) is 18.4. The van der Waals surface area contributed by atoms with Gasteiger partial charge in [-0.3, -0.25) is 48.7 Å². The predicted octanol–water partition coefficient (Wildman–Crippen LogP) is 2.84. The van der Waals surface area contributed by atoms with Crippen LogP contribution in [0.4, 0.5) is 5.69 Å². The molecule has 67 heavy (non-hydrogen) atoms. The summed E-state index contributed by atoms with van der Waals surface area (Å²) < 4.78 is 20.2. The number of benzene rings is 2. The van der Waals surface area contributed by atoms with Gasteiger partial charge in [-0.2, -0.15) is 0 Å². The minimum Gasteiger partial charge on any atom is -0.496 e. The number of ether oxygens (including phenoxy) is 3. The highest BCUT2D eigenvalue weighted by Gasteiger charge is 2.48. The van der Waals surface area contributed by atoms with Crippen molar-refractivity contribution in [2.75, 3.05) is 85.6 Å². The fourth-order valence-electron chi connectivity index (χ4n) is 10.1. The molecule has 354 valence electrons. The van der Waals surface area contributed by atoms with Crippen LogP contribution in [0.1, 0.15) is 74.5 Å². The van der Waals surface area contributed by atoms with Gasteiger partial charge in [0.25, 0.3) is 23.3 Å². The molecule has 4 aromatic rings. The van der Waals surface area contributed by atoms with Crippen LogP contribution in [0, 0.1) is 0 Å². The van der Waals surface area contributed by atoms with E-state index in [1.165, 1.54) is 15.9 Å². The topological polar surface area (TPSA) is 192 Å². The Labute approximate surface area is 391 Å². The monoisotopic (exact) mass is 936 g/mol. The number of rotatable bonds is 13. The minimum atomic E-state index is -1.01. The third-order valence-electron chi connectivity index (χ3n) is 13.8. The molecule has 0 aliphatic carbocycles. The van der Waals surface area contributed by atoms with E-state index in [9.17, 15) is 33.6 Å². The number of aromatic nitrogens is 1. The van der Waals surface area contributed by atoms with Crippen LogP contribution in [0.2, 0.25) is 0 Å². The number of aryl methyl sites for hydroxylation is 1. The van der Waals surface area contributed by atoms with E-state index >= 15 is 0 Å². The smallest absolute Gasteiger partial charge is 0.262 e. The Balaban J connectivity index is 0.724. The number of piperazine rings is 1. The lowest BCUT2D eigenvalue weighted by molar-refractivity contribution is -0.222. The molecule has 4 fully saturated rings. The fraction of sp³-hybridized carbons (Fsp3) is 0.479. The molecular weight excluding hydrogens is 881 g/mol. The summed E-state index contributed by atoms with van der Waals surface area (Å²) in [5.74, 6) is -0.921. The van der Waals surface area contributed by atoms with Gasteiger partial charge in [-0.05, 0) is 75.3 Å². The number of nitrogens with zero attached hydrogens (tertiary/aromatic N) is 6. The first-order valence-corrected chi connectivity index (χ1v) is 23.6. The highest BCUT2D eigenvalue weighted by Crippen LogP contribution is 2.42. The van der Waals surface area contributed by atoms with E-state index in [-0.39, 0.29) is 53.0 Å². The molecule has 2 aromatic carbocycles. The van der Waals surface area contributed by atoms with Crippen molar-refractivity contribution in [2.45, 2.75) is 62.8 Å². The molecule has 0 radical (unpaired) electrons. The van der Waals surface area contributed by atoms with E-state index < -0.39 is 29.7 Å². The number of hydrogen-bond donors (Lipinski definition) is 2. The number of thiophene rings is 1. The molecule has 19 heteroatoms. The predicted molar refractivity (Wildman–Crippen MR) is 250 cm³/mol. The number of likely N-dealkylation sites (tertiary alicyclic amines) is 1. The summed E-state index contributed by atoms with van der Waals surface area (Å²) >= 11 is 1.28. The maximum atomic E-state index is 13.5. The average Bonchev–Trinajstić information content (AvgIpc) is 3.87. The molecular formula is C48H56N8O10S. The van der Waals surface area contributed by atoms with Gasteiger partial charge in [0, 0.05) is 107 Å². The summed E-state index contributed by atoms with van der Waals surface area (Å²) in [6.45, 7) is 5.63. The first-order valence-electron chi connectivity index (χ1n) is 22.8. The van der Waals surface area contributed by atoms with Gasteiger partial charge >= 0.3 is 0 Å². The zero-order chi connectivity index (χ0) is 47.3. The Morgan fingerprint density at radius 2 is 1.60 bits per heavy atom. The lowest BCUT2D eigenvalue weighted by atomic mass is 9.80. The van der Waals surface area contributed by atoms with Crippen LogP contribution in [0.3, 0.4) is 0 Å². The number of fused-ring (bicyclic) bond motifs is 2. The summed E-state index contributed by atoms with van der Waals surface area (Å²) in [7, 11) is 8.89. The van der Waals surface area contributed by atoms with Gasteiger partial charge in [0.2, 0.25) is 17.7 Å². The van der Waals surface area contributed by atoms with Gasteiger partial charge in [0.05, 0.1) is 52.9 Å². The van der Waals surface area contributed by atoms with Crippen molar-refractivity contribution in [2.24, 2.45) is 7.05 Å². The standard InChI is InChI=1S/C48H56N8O10S/c1-51(2)26-35-37(64-4)20-28(21-38(35)65-5)34-27-52(3)45(61)33-23-39(67-42(33)34)44(60)49-25-30-24-48(66-30)11-14-55(15-12-48)41(58)10-13-53-16-18-54(19-17-53)29-6-7-31-32(22-29)47(63)56(46(31)62)36-8-9-40(57)50-43(36)59/h6-7,20-23,27,30,36H,8-19,24-26H2,1-5H3,(H,49,60)(H,50,57,59). The Morgan fingerprint density at radius 1 is 0.910 bits per heavy atom. The fourth-order valence-corrected chi connectivity index (χ4v) is 11.2. The summed E-state index contributed by atoms with van der Waals surface area (Å²) in [5, 5.41) is 5.71. The van der Waals surface area contributed by atoms with Gasteiger partial charge in [0.15, 0.2) is 0 Å². The number of methoxy groups -OCH3 is 2. The van der Waals surface area contributed by atoms with Gasteiger partial charge in [0.1, 0.15) is 17.5 Å². The number of amides is 6. The van der Waals surface area contributed by atoms with E-state index in [0.29, 0.717) is 78.7 Å². The maximum Gasteiger partial charge on any atom is 0.262 e. The van der Waals surface area contributed by atoms with Crippen molar-refractivity contribution in [3.63, 3.8) is 0 Å². The number of anilines is 1. The van der Waals surface area contributed by atoms with Gasteiger partial charge < -0.3 is 38.8 Å². The molecule has 9 rings (SSSR count). The molecule has 4 saturated heterocycles. The second kappa shape index (κ2) is 18.5. The molecule has 5 aliphatic rings. The van der Waals surface area contributed by atoms with Gasteiger partial charge in [-0.1, -0.05) is 0 Å². The lowest BCUT2D eigenvalue weighted by Crippen LogP contribution is -2.59. The highest BCUT2D eigenvalue weighted by molar-refractivity contribution is 7.21. The Kier molecular flexibility index (Phi) is 12.7. The number of imide groups is 2. The van der Waals surface area contributed by atoms with Crippen LogP contribution < -0.4 is 30.6 Å². The third kappa shape index (κ3) is 8.92. The van der Waals surface area contributed by atoms with Gasteiger partial charge in [-0.25, -0.2) is 0 Å². The van der Waals surface area contributed by atoms with Crippen LogP contribution in [0.15, 0.2) is 47.4 Å². The van der Waals surface area contributed by atoms with Crippen LogP contribution in [-0.2, 0) is 32.7 Å². The number of piperidine rings is 2. The normalized spacial score (nSPS) is 20.7. The van der Waals surface area contributed by atoms with Crippen molar-refractivity contribution < 1.29 is 43.0 Å². The maximum absolute atomic E-state index is 13.5. The van der Waals surface area contributed by atoms with Crippen molar-refractivity contribution in [3.05, 3.63) is 74.5 Å². The summed E-state index contributed by atoms with van der Waals surface area (Å²) in [6, 6.07) is 9.70. The van der Waals surface area contributed by atoms with Crippen LogP contribution >= 0.6 is 11.3 Å². The lowest BCUT2D eigenvalue weighted by Gasteiger charge is -2.52. The molecule has 2 atom stereocenters. The molecule has 2 N–H and O–H groups in total. The first-order chi connectivity index (χ1) is 32.1. The van der Waals surface area contributed by atoms with Crippen molar-refractivity contribution in [1.29, 1.82) is 0 Å². The number of carbonyl (C=O) groups excluding carboxylic acids is 6. The van der Waals surface area contributed by atoms with E-state index in [4.69, 9.17) is 14.2 Å². The Bertz CT molecular complexity index is 2700. The number of carbonyl (C=O) groups is 6. The largest absolute Gasteiger partial charge is 0.496 e. The van der Waals surface area contributed by atoms with Gasteiger partial charge in [-0.15, -0.1) is 11.3 Å². The summed E-state index contributed by atoms with van der Waals surface area (Å²) in [4.78, 5) is 100. The molecule has 0 bridgehead atoms. The van der Waals surface area contributed by atoms with Crippen LogP contribution in [-0.4, -0.2) is 158 Å². The molecule has 18 nitrogen and oxygen atoms in total. The molecule has 6 amide bonds. The van der Waals surface area contributed by atoms with Crippen LogP contribution in [0.5, 0.6) is 11.5 Å². The molecule has 5 aliphatic heterocycles. The minimum absolute atomic E-state index is 0.0667. The second-order valence-corrected chi connectivity index (χ2v) is 19.4. The van der Waals surface area contributed by atoms with E-state index in [1.807, 2.05) is 42.1 Å². The Hall–Kier alpha value is -6.15.